The lowest BCUT2D eigenvalue weighted by molar-refractivity contribution is -0.165. The Morgan fingerprint density at radius 1 is 1.02 bits per heavy atom. The number of carbonyl (C=O) groups is 5. The van der Waals surface area contributed by atoms with Crippen LogP contribution in [0.4, 0.5) is 0 Å². The summed E-state index contributed by atoms with van der Waals surface area (Å²) in [6, 6.07) is 3.01. The molecular formula is C35H48N2O7. The molecule has 0 radical (unpaired) electrons. The highest BCUT2D eigenvalue weighted by atomic mass is 16.5. The molecule has 2 aliphatic heterocycles. The van der Waals surface area contributed by atoms with Crippen molar-refractivity contribution in [3.05, 3.63) is 54.4 Å². The van der Waals surface area contributed by atoms with E-state index in [1.165, 1.54) is 4.90 Å². The van der Waals surface area contributed by atoms with Crippen LogP contribution in [0.15, 0.2) is 48.8 Å². The molecule has 1 aromatic heterocycles. The first-order chi connectivity index (χ1) is 21.2. The van der Waals surface area contributed by atoms with Gasteiger partial charge in [-0.2, -0.15) is 0 Å². The van der Waals surface area contributed by atoms with Crippen LogP contribution in [-0.4, -0.2) is 64.6 Å². The second kappa shape index (κ2) is 18.2. The molecule has 0 N–H and O–H groups in total. The number of aryl methyl sites for hydroxylation is 1. The highest BCUT2D eigenvalue weighted by molar-refractivity contribution is 6.36. The zero-order valence-electron chi connectivity index (χ0n) is 26.3. The van der Waals surface area contributed by atoms with E-state index in [2.05, 4.69) is 11.6 Å². The van der Waals surface area contributed by atoms with Crippen LogP contribution in [0, 0.1) is 11.8 Å². The highest BCUT2D eigenvalue weighted by Crippen LogP contribution is 2.26. The van der Waals surface area contributed by atoms with Gasteiger partial charge in [0, 0.05) is 50.5 Å². The molecular weight excluding hydrogens is 560 g/mol. The summed E-state index contributed by atoms with van der Waals surface area (Å²) in [7, 11) is 0. The Morgan fingerprint density at radius 2 is 1.82 bits per heavy atom. The molecule has 1 amide bonds. The van der Waals surface area contributed by atoms with Crippen molar-refractivity contribution in [1.29, 1.82) is 0 Å². The first kappa shape index (κ1) is 34.9. The lowest BCUT2D eigenvalue weighted by Gasteiger charge is -2.35. The van der Waals surface area contributed by atoms with Crippen molar-refractivity contribution in [3.8, 4) is 0 Å². The Kier molecular flexibility index (Phi) is 14.5. The van der Waals surface area contributed by atoms with Crippen LogP contribution in [0.3, 0.4) is 0 Å². The smallest absolute Gasteiger partial charge is 0.329 e. The van der Waals surface area contributed by atoms with Crippen molar-refractivity contribution in [1.82, 2.24) is 9.88 Å². The number of Topliss-reactive ketones (excluding diaryl/α,β-unsaturated/α-hetero) is 2. The standard InChI is InChI=1S/C35H48N2O7/c1-4-10-28-23-25(2)19-22-43-33(40)14-6-5-13-31(39)34(41)37-21-8-7-12-29(37)35(42)44-32(26(3)15-17-30(28)38)18-16-27-11-9-20-36-24-27/h4,9,11,20,23-24,26,28-29,32H,1,5-8,10,12-19,21-22H2,2-3H3/b25-23+/t26-,28?,29+,32-/m1/s1. The molecule has 0 bridgehead atoms. The van der Waals surface area contributed by atoms with Crippen LogP contribution in [0.5, 0.6) is 0 Å². The fraction of sp³-hybridized carbons (Fsp3) is 0.600. The maximum Gasteiger partial charge on any atom is 0.329 e. The number of rotatable bonds is 5. The predicted molar refractivity (Wildman–Crippen MR) is 166 cm³/mol. The molecule has 1 aromatic rings. The van der Waals surface area contributed by atoms with Gasteiger partial charge in [0.15, 0.2) is 0 Å². The molecule has 2 aliphatic rings. The summed E-state index contributed by atoms with van der Waals surface area (Å²) in [6.45, 7) is 8.26. The van der Waals surface area contributed by atoms with Gasteiger partial charge in [-0.3, -0.25) is 24.2 Å². The van der Waals surface area contributed by atoms with E-state index in [-0.39, 0.29) is 43.0 Å². The van der Waals surface area contributed by atoms with Gasteiger partial charge in [0.1, 0.15) is 17.9 Å². The van der Waals surface area contributed by atoms with E-state index in [1.54, 1.807) is 18.5 Å². The third kappa shape index (κ3) is 11.1. The Bertz CT molecular complexity index is 1180. The normalized spacial score (nSPS) is 27.1. The zero-order valence-corrected chi connectivity index (χ0v) is 26.3. The summed E-state index contributed by atoms with van der Waals surface area (Å²) >= 11 is 0. The maximum absolute atomic E-state index is 13.6. The molecule has 0 aromatic carbocycles. The van der Waals surface area contributed by atoms with Crippen molar-refractivity contribution >= 4 is 29.4 Å². The number of pyridine rings is 1. The first-order valence-electron chi connectivity index (χ1n) is 16.1. The summed E-state index contributed by atoms with van der Waals surface area (Å²) in [5.74, 6) is -2.47. The minimum Gasteiger partial charge on any atom is -0.465 e. The minimum atomic E-state index is -0.826. The molecule has 240 valence electrons. The topological polar surface area (TPSA) is 120 Å². The van der Waals surface area contributed by atoms with E-state index in [1.807, 2.05) is 32.1 Å². The summed E-state index contributed by atoms with van der Waals surface area (Å²) in [5.41, 5.74) is 1.97. The fourth-order valence-corrected chi connectivity index (χ4v) is 5.82. The molecule has 0 spiro atoms. The number of aromatic nitrogens is 1. The molecule has 0 saturated carbocycles. The monoisotopic (exact) mass is 608 g/mol. The second-order valence-corrected chi connectivity index (χ2v) is 12.1. The quantitative estimate of drug-likeness (QED) is 0.244. The third-order valence-corrected chi connectivity index (χ3v) is 8.58. The third-order valence-electron chi connectivity index (χ3n) is 8.58. The number of ketones is 2. The maximum atomic E-state index is 13.6. The van der Waals surface area contributed by atoms with Crippen LogP contribution in [0.25, 0.3) is 0 Å². The van der Waals surface area contributed by atoms with E-state index < -0.39 is 29.8 Å². The summed E-state index contributed by atoms with van der Waals surface area (Å²) in [5, 5.41) is 0. The van der Waals surface area contributed by atoms with E-state index in [0.29, 0.717) is 70.8 Å². The zero-order chi connectivity index (χ0) is 31.9. The van der Waals surface area contributed by atoms with E-state index >= 15 is 0 Å². The number of allylic oxidation sites excluding steroid dienone is 2. The molecule has 9 nitrogen and oxygen atoms in total. The summed E-state index contributed by atoms with van der Waals surface area (Å²) < 4.78 is 11.5. The largest absolute Gasteiger partial charge is 0.465 e. The number of hydrogen-bond acceptors (Lipinski definition) is 8. The predicted octanol–water partition coefficient (Wildman–Crippen LogP) is 5.51. The Morgan fingerprint density at radius 3 is 2.57 bits per heavy atom. The summed E-state index contributed by atoms with van der Waals surface area (Å²) in [6.07, 6.45) is 12.6. The molecule has 1 fully saturated rings. The number of fused-ring (bicyclic) bond motifs is 1. The van der Waals surface area contributed by atoms with Crippen LogP contribution >= 0.6 is 0 Å². The number of nitrogens with zero attached hydrogens (tertiary/aromatic N) is 2. The number of esters is 2. The van der Waals surface area contributed by atoms with Crippen molar-refractivity contribution in [2.24, 2.45) is 11.8 Å². The molecule has 9 heteroatoms. The molecule has 1 saturated heterocycles. The Balaban J connectivity index is 1.83. The molecule has 4 atom stereocenters. The van der Waals surface area contributed by atoms with E-state index in [9.17, 15) is 24.0 Å². The van der Waals surface area contributed by atoms with Gasteiger partial charge in [-0.05, 0) is 82.3 Å². The number of cyclic esters (lactones) is 2. The van der Waals surface area contributed by atoms with Gasteiger partial charge in [0.2, 0.25) is 5.78 Å². The minimum absolute atomic E-state index is 0.00964. The number of amides is 1. The van der Waals surface area contributed by atoms with Gasteiger partial charge in [-0.25, -0.2) is 4.79 Å². The van der Waals surface area contributed by atoms with Crippen LogP contribution < -0.4 is 0 Å². The van der Waals surface area contributed by atoms with Crippen LogP contribution in [-0.2, 0) is 39.9 Å². The number of carbonyl (C=O) groups excluding carboxylic acids is 5. The Hall–Kier alpha value is -3.62. The lowest BCUT2D eigenvalue weighted by Crippen LogP contribution is -2.51. The van der Waals surface area contributed by atoms with Crippen molar-refractivity contribution in [2.75, 3.05) is 13.2 Å². The summed E-state index contributed by atoms with van der Waals surface area (Å²) in [4.78, 5) is 70.7. The van der Waals surface area contributed by atoms with Crippen molar-refractivity contribution in [2.45, 2.75) is 109 Å². The van der Waals surface area contributed by atoms with E-state index in [4.69, 9.17) is 9.47 Å². The Labute approximate surface area is 261 Å². The second-order valence-electron chi connectivity index (χ2n) is 12.1. The van der Waals surface area contributed by atoms with Gasteiger partial charge in [-0.15, -0.1) is 6.58 Å². The van der Waals surface area contributed by atoms with Gasteiger partial charge in [0.05, 0.1) is 6.61 Å². The average Bonchev–Trinajstić information content (AvgIpc) is 3.03. The van der Waals surface area contributed by atoms with Gasteiger partial charge in [0.25, 0.3) is 5.91 Å². The van der Waals surface area contributed by atoms with E-state index in [0.717, 1.165) is 17.6 Å². The average molecular weight is 609 g/mol. The lowest BCUT2D eigenvalue weighted by atomic mass is 9.88. The van der Waals surface area contributed by atoms with Gasteiger partial charge in [-0.1, -0.05) is 30.7 Å². The van der Waals surface area contributed by atoms with Crippen molar-refractivity contribution in [3.63, 3.8) is 0 Å². The van der Waals surface area contributed by atoms with Crippen molar-refractivity contribution < 1.29 is 33.4 Å². The first-order valence-corrected chi connectivity index (χ1v) is 16.1. The molecule has 1 unspecified atom stereocenters. The number of piperidine rings is 1. The highest BCUT2D eigenvalue weighted by Gasteiger charge is 2.37. The molecule has 3 rings (SSSR count). The van der Waals surface area contributed by atoms with Crippen LogP contribution in [0.2, 0.25) is 0 Å². The fourth-order valence-electron chi connectivity index (χ4n) is 5.82. The molecule has 44 heavy (non-hydrogen) atoms. The van der Waals surface area contributed by atoms with Gasteiger partial charge >= 0.3 is 11.9 Å². The number of hydrogen-bond donors (Lipinski definition) is 0. The SMILES string of the molecule is C=CCC1/C=C(\C)CCOC(=O)CCCCC(=O)C(=O)N2CCCC[C@H]2C(=O)O[C@H](CCc2cccnc2)[C@H](C)CCC1=O. The van der Waals surface area contributed by atoms with Crippen LogP contribution in [0.1, 0.15) is 96.5 Å². The molecule has 3 heterocycles. The number of ether oxygens (including phenoxy) is 2. The van der Waals surface area contributed by atoms with Gasteiger partial charge < -0.3 is 14.4 Å². The molecule has 0 aliphatic carbocycles.